The predicted molar refractivity (Wildman–Crippen MR) is 120 cm³/mol. The molecule has 170 valence electrons. The molecule has 0 radical (unpaired) electrons. The zero-order chi connectivity index (χ0) is 22.9. The van der Waals surface area contributed by atoms with Crippen LogP contribution >= 0.6 is 0 Å². The van der Waals surface area contributed by atoms with E-state index in [9.17, 15) is 18.0 Å². The van der Waals surface area contributed by atoms with Crippen LogP contribution in [0, 0.1) is 12.8 Å². The lowest BCUT2D eigenvalue weighted by atomic mass is 9.97. The van der Waals surface area contributed by atoms with Crippen molar-refractivity contribution in [2.45, 2.75) is 44.2 Å². The van der Waals surface area contributed by atoms with Crippen LogP contribution in [-0.4, -0.2) is 43.7 Å². The number of nitrogens with zero attached hydrogens (tertiary/aromatic N) is 1. The number of hydrogen-bond donors (Lipinski definition) is 2. The van der Waals surface area contributed by atoms with Gasteiger partial charge in [-0.05, 0) is 43.9 Å². The molecule has 32 heavy (non-hydrogen) atoms. The first-order valence-electron chi connectivity index (χ1n) is 10.7. The summed E-state index contributed by atoms with van der Waals surface area (Å²) in [5.74, 6) is -0.181. The second-order valence-electron chi connectivity index (χ2n) is 8.24. The van der Waals surface area contributed by atoms with Crippen LogP contribution in [0.3, 0.4) is 0 Å². The first-order valence-corrected chi connectivity index (χ1v) is 12.1. The van der Waals surface area contributed by atoms with E-state index in [-0.39, 0.29) is 35.7 Å². The SMILES string of the molecule is Cc1cc2c(cc1S(=O)(=O)N1CCC(C(=O)NCc3ccccc3)CC1)O[C@H](C)C(=O)N2. The summed E-state index contributed by atoms with van der Waals surface area (Å²) in [6.45, 7) is 4.31. The van der Waals surface area contributed by atoms with E-state index in [4.69, 9.17) is 4.74 Å². The van der Waals surface area contributed by atoms with E-state index in [0.29, 0.717) is 36.4 Å². The second-order valence-corrected chi connectivity index (χ2v) is 10.2. The molecule has 2 aromatic rings. The lowest BCUT2D eigenvalue weighted by molar-refractivity contribution is -0.126. The van der Waals surface area contributed by atoms with Crippen molar-refractivity contribution in [2.24, 2.45) is 5.92 Å². The molecule has 0 saturated carbocycles. The quantitative estimate of drug-likeness (QED) is 0.718. The average molecular weight is 458 g/mol. The van der Waals surface area contributed by atoms with Gasteiger partial charge in [-0.2, -0.15) is 4.31 Å². The van der Waals surface area contributed by atoms with E-state index in [1.807, 2.05) is 30.3 Å². The molecule has 1 fully saturated rings. The van der Waals surface area contributed by atoms with Crippen LogP contribution in [0.25, 0.3) is 0 Å². The number of anilines is 1. The highest BCUT2D eigenvalue weighted by molar-refractivity contribution is 7.89. The number of fused-ring (bicyclic) bond motifs is 1. The lowest BCUT2D eigenvalue weighted by Crippen LogP contribution is -2.43. The van der Waals surface area contributed by atoms with Gasteiger partial charge in [-0.15, -0.1) is 0 Å². The summed E-state index contributed by atoms with van der Waals surface area (Å²) in [6, 6.07) is 12.8. The molecule has 2 N–H and O–H groups in total. The van der Waals surface area contributed by atoms with Crippen molar-refractivity contribution in [3.05, 3.63) is 53.6 Å². The van der Waals surface area contributed by atoms with Gasteiger partial charge in [-0.1, -0.05) is 30.3 Å². The largest absolute Gasteiger partial charge is 0.479 e. The number of carbonyl (C=O) groups is 2. The highest BCUT2D eigenvalue weighted by Gasteiger charge is 2.34. The molecule has 0 bridgehead atoms. The van der Waals surface area contributed by atoms with Crippen molar-refractivity contribution in [1.29, 1.82) is 0 Å². The summed E-state index contributed by atoms with van der Waals surface area (Å²) in [5, 5.41) is 5.68. The summed E-state index contributed by atoms with van der Waals surface area (Å²) in [7, 11) is -3.75. The fourth-order valence-corrected chi connectivity index (χ4v) is 5.74. The minimum Gasteiger partial charge on any atom is -0.479 e. The maximum atomic E-state index is 13.3. The minimum atomic E-state index is -3.75. The van der Waals surface area contributed by atoms with Crippen LogP contribution < -0.4 is 15.4 Å². The van der Waals surface area contributed by atoms with Crippen molar-refractivity contribution < 1.29 is 22.7 Å². The molecule has 0 aromatic heterocycles. The molecular formula is C23H27N3O5S. The molecule has 8 nitrogen and oxygen atoms in total. The van der Waals surface area contributed by atoms with Crippen LogP contribution in [0.5, 0.6) is 5.75 Å². The molecular weight excluding hydrogens is 430 g/mol. The second kappa shape index (κ2) is 8.91. The number of nitrogens with one attached hydrogen (secondary N) is 2. The highest BCUT2D eigenvalue weighted by atomic mass is 32.2. The Morgan fingerprint density at radius 3 is 2.56 bits per heavy atom. The number of ether oxygens (including phenoxy) is 1. The average Bonchev–Trinajstić information content (AvgIpc) is 2.79. The first kappa shape index (κ1) is 22.3. The van der Waals surface area contributed by atoms with E-state index in [1.54, 1.807) is 19.9 Å². The Balaban J connectivity index is 1.41. The van der Waals surface area contributed by atoms with Crippen molar-refractivity contribution in [3.63, 3.8) is 0 Å². The summed E-state index contributed by atoms with van der Waals surface area (Å²) >= 11 is 0. The normalized spacial score (nSPS) is 19.6. The highest BCUT2D eigenvalue weighted by Crippen LogP contribution is 2.36. The van der Waals surface area contributed by atoms with E-state index < -0.39 is 16.1 Å². The topological polar surface area (TPSA) is 105 Å². The Labute approximate surface area is 188 Å². The summed E-state index contributed by atoms with van der Waals surface area (Å²) in [5.41, 5.74) is 2.03. The molecule has 0 spiro atoms. The van der Waals surface area contributed by atoms with E-state index >= 15 is 0 Å². The van der Waals surface area contributed by atoms with Gasteiger partial charge in [0.05, 0.1) is 10.6 Å². The smallest absolute Gasteiger partial charge is 0.265 e. The summed E-state index contributed by atoms with van der Waals surface area (Å²) in [6.07, 6.45) is 0.242. The minimum absolute atomic E-state index is 0.0472. The molecule has 1 saturated heterocycles. The van der Waals surface area contributed by atoms with Gasteiger partial charge in [0.25, 0.3) is 5.91 Å². The fourth-order valence-electron chi connectivity index (χ4n) is 4.05. The van der Waals surface area contributed by atoms with E-state index in [2.05, 4.69) is 10.6 Å². The zero-order valence-electron chi connectivity index (χ0n) is 18.1. The molecule has 2 aliphatic heterocycles. The molecule has 9 heteroatoms. The number of benzene rings is 2. The third-order valence-electron chi connectivity index (χ3n) is 5.96. The van der Waals surface area contributed by atoms with Crippen molar-refractivity contribution >= 4 is 27.5 Å². The number of amides is 2. The Kier molecular flexibility index (Phi) is 6.21. The third kappa shape index (κ3) is 4.49. The molecule has 2 aliphatic rings. The van der Waals surface area contributed by atoms with E-state index in [1.165, 1.54) is 10.4 Å². The van der Waals surface area contributed by atoms with Gasteiger partial charge in [0.15, 0.2) is 6.10 Å². The van der Waals surface area contributed by atoms with Crippen LogP contribution in [0.15, 0.2) is 47.4 Å². The number of rotatable bonds is 5. The standard InChI is InChI=1S/C23H27N3O5S/c1-15-12-19-20(31-16(2)22(27)25-19)13-21(15)32(29,30)26-10-8-18(9-11-26)23(28)24-14-17-6-4-3-5-7-17/h3-7,12-13,16,18H,8-11,14H2,1-2H3,(H,24,28)(H,25,27)/t16-/m1/s1. The van der Waals surface area contributed by atoms with Crippen molar-refractivity contribution in [3.8, 4) is 5.75 Å². The van der Waals surface area contributed by atoms with Crippen LogP contribution in [0.2, 0.25) is 0 Å². The number of aryl methyl sites for hydroxylation is 1. The van der Waals surface area contributed by atoms with Gasteiger partial charge in [-0.25, -0.2) is 8.42 Å². The van der Waals surface area contributed by atoms with Crippen LogP contribution in [0.4, 0.5) is 5.69 Å². The molecule has 4 rings (SSSR count). The Hall–Kier alpha value is -2.91. The number of hydrogen-bond acceptors (Lipinski definition) is 5. The summed E-state index contributed by atoms with van der Waals surface area (Å²) < 4.78 is 33.6. The van der Waals surface area contributed by atoms with Crippen LogP contribution in [-0.2, 0) is 26.2 Å². The van der Waals surface area contributed by atoms with Gasteiger partial charge >= 0.3 is 0 Å². The fraction of sp³-hybridized carbons (Fsp3) is 0.391. The Bertz CT molecular complexity index is 1130. The van der Waals surface area contributed by atoms with Gasteiger partial charge in [0, 0.05) is 31.6 Å². The molecule has 2 heterocycles. The Morgan fingerprint density at radius 1 is 1.19 bits per heavy atom. The molecule has 2 aromatic carbocycles. The lowest BCUT2D eigenvalue weighted by Gasteiger charge is -2.31. The monoisotopic (exact) mass is 457 g/mol. The third-order valence-corrected chi connectivity index (χ3v) is 8.00. The number of carbonyl (C=O) groups excluding carboxylic acids is 2. The number of piperidine rings is 1. The first-order chi connectivity index (χ1) is 15.3. The van der Waals surface area contributed by atoms with E-state index in [0.717, 1.165) is 5.56 Å². The zero-order valence-corrected chi connectivity index (χ0v) is 18.9. The summed E-state index contributed by atoms with van der Waals surface area (Å²) in [4.78, 5) is 24.5. The number of sulfonamides is 1. The maximum absolute atomic E-state index is 13.3. The van der Waals surface area contributed by atoms with Gasteiger partial charge < -0.3 is 15.4 Å². The predicted octanol–water partition coefficient (Wildman–Crippen LogP) is 2.43. The van der Waals surface area contributed by atoms with Crippen molar-refractivity contribution in [1.82, 2.24) is 9.62 Å². The van der Waals surface area contributed by atoms with Crippen LogP contribution in [0.1, 0.15) is 30.9 Å². The molecule has 0 unspecified atom stereocenters. The van der Waals surface area contributed by atoms with Gasteiger partial charge in [0.2, 0.25) is 15.9 Å². The maximum Gasteiger partial charge on any atom is 0.265 e. The van der Waals surface area contributed by atoms with Gasteiger partial charge in [0.1, 0.15) is 5.75 Å². The molecule has 0 aliphatic carbocycles. The molecule has 2 amide bonds. The molecule has 1 atom stereocenters. The van der Waals surface area contributed by atoms with Crippen molar-refractivity contribution in [2.75, 3.05) is 18.4 Å². The van der Waals surface area contributed by atoms with Gasteiger partial charge in [-0.3, -0.25) is 9.59 Å². The Morgan fingerprint density at radius 2 is 1.88 bits per heavy atom.